The number of ether oxygens (including phenoxy) is 7. The van der Waals surface area contributed by atoms with E-state index in [1.54, 1.807) is 0 Å². The van der Waals surface area contributed by atoms with Gasteiger partial charge in [0.1, 0.15) is 98.7 Å². The molecule has 18 atom stereocenters. The van der Waals surface area contributed by atoms with Gasteiger partial charge in [-0.25, -0.2) is 4.57 Å². The lowest BCUT2D eigenvalue weighted by molar-refractivity contribution is -0.360. The number of hydrogen-bond donors (Lipinski definition) is 11. The number of allylic oxidation sites excluding steroid dienone is 2. The van der Waals surface area contributed by atoms with Crippen LogP contribution in [0.5, 0.6) is 0 Å². The third kappa shape index (κ3) is 37.6. The SMILES string of the molecule is CCCCCCCC/C=C\CCCCCC(=O)OCC(COP(=O)(O)OC1C(OC2OC(CO)C(O)C(O)C2O)C(O)C(O)C(O)C1OC1OC(COC(=O)CCCCCCCCCCCCCCC)C(O)C(O)C1O)OC(=O)CCCCCCCCCCCCCCCCCC. The molecule has 1 saturated carbocycles. The highest BCUT2D eigenvalue weighted by Crippen LogP contribution is 2.49. The standard InChI is InChI=1S/C72H133O24P/c1-4-7-10-13-16-19-22-25-26-27-30-33-36-39-42-45-48-58(76)91-53(50-88-56(74)46-43-40-37-34-31-28-23-20-17-14-11-8-5-2)51-90-97(86,87)96-70-68(94-71-66(84)61(79)59(77)54(49-73)92-71)64(82)63(81)65(83)69(70)95-72-67(85)62(80)60(78)55(93-72)52-89-57(75)47-44-41-38-35-32-29-24-21-18-15-12-9-6-3/h28,31,53-55,59-73,77-85H,4-27,29-30,32-52H2,1-3H3,(H,86,87)/b31-28-. The molecule has 570 valence electrons. The van der Waals surface area contributed by atoms with Crippen LogP contribution in [-0.2, 0) is 61.2 Å². The van der Waals surface area contributed by atoms with E-state index < -0.39 is 156 Å². The van der Waals surface area contributed by atoms with Gasteiger partial charge in [0.05, 0.1) is 13.2 Å². The third-order valence-electron chi connectivity index (χ3n) is 18.8. The summed E-state index contributed by atoms with van der Waals surface area (Å²) >= 11 is 0. The lowest BCUT2D eigenvalue weighted by Gasteiger charge is -2.49. The summed E-state index contributed by atoms with van der Waals surface area (Å²) in [6.45, 7) is 3.44. The largest absolute Gasteiger partial charge is 0.472 e. The zero-order valence-corrected chi connectivity index (χ0v) is 60.3. The number of esters is 3. The smallest absolute Gasteiger partial charge is 0.463 e. The van der Waals surface area contributed by atoms with Crippen LogP contribution < -0.4 is 0 Å². The molecule has 0 aromatic carbocycles. The topological polar surface area (TPSA) is 374 Å². The van der Waals surface area contributed by atoms with Crippen molar-refractivity contribution in [3.05, 3.63) is 12.2 Å². The van der Waals surface area contributed by atoms with E-state index in [4.69, 9.17) is 42.2 Å². The number of phosphoric ester groups is 1. The number of carbonyl (C=O) groups is 3. The van der Waals surface area contributed by atoms with Crippen LogP contribution in [0.3, 0.4) is 0 Å². The van der Waals surface area contributed by atoms with E-state index in [9.17, 15) is 74.9 Å². The van der Waals surface area contributed by atoms with Crippen molar-refractivity contribution in [3.8, 4) is 0 Å². The Morgan fingerprint density at radius 2 is 0.722 bits per heavy atom. The van der Waals surface area contributed by atoms with Crippen LogP contribution in [0.4, 0.5) is 0 Å². The van der Waals surface area contributed by atoms with Gasteiger partial charge >= 0.3 is 25.7 Å². The van der Waals surface area contributed by atoms with E-state index >= 15 is 0 Å². The summed E-state index contributed by atoms with van der Waals surface area (Å²) in [6.07, 6.45) is 12.8. The van der Waals surface area contributed by atoms with Gasteiger partial charge in [0.25, 0.3) is 0 Å². The summed E-state index contributed by atoms with van der Waals surface area (Å²) in [5.41, 5.74) is 0. The molecule has 2 aliphatic heterocycles. The first-order valence-electron chi connectivity index (χ1n) is 38.0. The third-order valence-corrected chi connectivity index (χ3v) is 19.8. The number of hydrogen-bond acceptors (Lipinski definition) is 23. The fraction of sp³-hybridized carbons (Fsp3) is 0.931. The molecule has 0 spiro atoms. The quantitative estimate of drug-likeness (QED) is 0.00886. The number of rotatable bonds is 59. The average Bonchev–Trinajstić information content (AvgIpc) is 0.763. The molecule has 2 heterocycles. The molecule has 2 saturated heterocycles. The number of unbranched alkanes of at least 4 members (excludes halogenated alkanes) is 36. The number of aliphatic hydroxyl groups excluding tert-OH is 10. The molecule has 0 aromatic rings. The maximum atomic E-state index is 14.3. The average molecular weight is 1410 g/mol. The summed E-state index contributed by atoms with van der Waals surface area (Å²) in [4.78, 5) is 51.0. The van der Waals surface area contributed by atoms with E-state index in [1.807, 2.05) is 0 Å². The maximum absolute atomic E-state index is 14.3. The van der Waals surface area contributed by atoms with Crippen LogP contribution in [0, 0.1) is 0 Å². The summed E-state index contributed by atoms with van der Waals surface area (Å²) in [5, 5.41) is 110. The van der Waals surface area contributed by atoms with Crippen LogP contribution in [-0.4, -0.2) is 204 Å². The van der Waals surface area contributed by atoms with E-state index in [2.05, 4.69) is 32.9 Å². The minimum atomic E-state index is -5.70. The Morgan fingerprint density at radius 3 is 1.12 bits per heavy atom. The second kappa shape index (κ2) is 54.4. The predicted molar refractivity (Wildman–Crippen MR) is 365 cm³/mol. The van der Waals surface area contributed by atoms with Crippen molar-refractivity contribution < 1.29 is 117 Å². The van der Waals surface area contributed by atoms with Gasteiger partial charge < -0.3 is 89.1 Å². The first-order valence-corrected chi connectivity index (χ1v) is 39.5. The maximum Gasteiger partial charge on any atom is 0.472 e. The van der Waals surface area contributed by atoms with Gasteiger partial charge in [0, 0.05) is 19.3 Å². The summed E-state index contributed by atoms with van der Waals surface area (Å²) in [5.74, 6) is -2.00. The van der Waals surface area contributed by atoms with E-state index in [-0.39, 0.29) is 19.3 Å². The second-order valence-electron chi connectivity index (χ2n) is 27.4. The summed E-state index contributed by atoms with van der Waals surface area (Å²) in [6, 6.07) is 0. The van der Waals surface area contributed by atoms with Crippen LogP contribution >= 0.6 is 7.82 Å². The molecule has 3 rings (SSSR count). The Morgan fingerprint density at radius 1 is 0.392 bits per heavy atom. The number of aliphatic hydroxyl groups is 10. The zero-order chi connectivity index (χ0) is 71.1. The van der Waals surface area contributed by atoms with Crippen molar-refractivity contribution in [2.24, 2.45) is 0 Å². The molecule has 3 aliphatic rings. The van der Waals surface area contributed by atoms with Crippen molar-refractivity contribution >= 4 is 25.7 Å². The van der Waals surface area contributed by atoms with Gasteiger partial charge in [-0.05, 0) is 44.9 Å². The van der Waals surface area contributed by atoms with E-state index in [1.165, 1.54) is 141 Å². The predicted octanol–water partition coefficient (Wildman–Crippen LogP) is 10.4. The van der Waals surface area contributed by atoms with Gasteiger partial charge in [-0.2, -0.15) is 0 Å². The summed E-state index contributed by atoms with van der Waals surface area (Å²) in [7, 11) is -5.70. The van der Waals surface area contributed by atoms with E-state index in [0.717, 1.165) is 96.3 Å². The molecule has 3 fully saturated rings. The molecule has 0 radical (unpaired) electrons. The summed E-state index contributed by atoms with van der Waals surface area (Å²) < 4.78 is 65.0. The second-order valence-corrected chi connectivity index (χ2v) is 28.8. The van der Waals surface area contributed by atoms with E-state index in [0.29, 0.717) is 19.3 Å². The van der Waals surface area contributed by atoms with Crippen molar-refractivity contribution in [3.63, 3.8) is 0 Å². The molecule has 25 heteroatoms. The van der Waals surface area contributed by atoms with Gasteiger partial charge in [-0.1, -0.05) is 245 Å². The minimum Gasteiger partial charge on any atom is -0.463 e. The van der Waals surface area contributed by atoms with Crippen molar-refractivity contribution in [2.45, 2.75) is 401 Å². The Hall–Kier alpha value is -2.30. The zero-order valence-electron chi connectivity index (χ0n) is 59.4. The van der Waals surface area contributed by atoms with Crippen LogP contribution in [0.25, 0.3) is 0 Å². The molecule has 24 nitrogen and oxygen atoms in total. The van der Waals surface area contributed by atoms with Crippen LogP contribution in [0.1, 0.15) is 297 Å². The van der Waals surface area contributed by atoms with Crippen molar-refractivity contribution in [2.75, 3.05) is 26.4 Å². The van der Waals surface area contributed by atoms with Crippen molar-refractivity contribution in [1.82, 2.24) is 0 Å². The fourth-order valence-corrected chi connectivity index (χ4v) is 13.5. The molecule has 97 heavy (non-hydrogen) atoms. The van der Waals surface area contributed by atoms with Gasteiger partial charge in [-0.15, -0.1) is 0 Å². The Bertz CT molecular complexity index is 2060. The molecule has 18 unspecified atom stereocenters. The lowest BCUT2D eigenvalue weighted by Crippen LogP contribution is -2.69. The Balaban J connectivity index is 1.74. The Kier molecular flexibility index (Phi) is 49.8. The van der Waals surface area contributed by atoms with Gasteiger partial charge in [0.15, 0.2) is 18.7 Å². The normalized spacial score (nSPS) is 27.8. The fourth-order valence-electron chi connectivity index (χ4n) is 12.6. The van der Waals surface area contributed by atoms with Gasteiger partial charge in [-0.3, -0.25) is 23.4 Å². The minimum absolute atomic E-state index is 0.0278. The molecular formula is C72H133O24P. The highest BCUT2D eigenvalue weighted by molar-refractivity contribution is 7.47. The first-order chi connectivity index (χ1) is 46.8. The number of carbonyl (C=O) groups excluding carboxylic acids is 3. The lowest BCUT2D eigenvalue weighted by atomic mass is 9.84. The molecule has 0 aromatic heterocycles. The monoisotopic (exact) mass is 1410 g/mol. The molecule has 1 aliphatic carbocycles. The first kappa shape index (κ1) is 88.9. The molecule has 0 amide bonds. The molecule has 0 bridgehead atoms. The Labute approximate surface area is 580 Å². The van der Waals surface area contributed by atoms with Crippen LogP contribution in [0.2, 0.25) is 0 Å². The molecular weight excluding hydrogens is 1280 g/mol. The van der Waals surface area contributed by atoms with Crippen molar-refractivity contribution in [1.29, 1.82) is 0 Å². The molecule has 11 N–H and O–H groups in total. The highest BCUT2D eigenvalue weighted by atomic mass is 31.2. The van der Waals surface area contributed by atoms with Gasteiger partial charge in [0.2, 0.25) is 0 Å². The number of phosphoric acid groups is 1. The highest BCUT2D eigenvalue weighted by Gasteiger charge is 2.58. The van der Waals surface area contributed by atoms with Crippen LogP contribution in [0.15, 0.2) is 12.2 Å².